The molecule has 0 unspecified atom stereocenters. The SMILES string of the molecule is Cc1sc(C(=O)c2ccccc2F)cc1Br. The number of thiophene rings is 1. The molecule has 0 aliphatic carbocycles. The lowest BCUT2D eigenvalue weighted by molar-refractivity contribution is 0.103. The third-order valence-electron chi connectivity index (χ3n) is 2.20. The summed E-state index contributed by atoms with van der Waals surface area (Å²) in [5, 5.41) is 0. The Morgan fingerprint density at radius 1 is 1.38 bits per heavy atom. The van der Waals surface area contributed by atoms with E-state index in [2.05, 4.69) is 15.9 Å². The summed E-state index contributed by atoms with van der Waals surface area (Å²) in [7, 11) is 0. The summed E-state index contributed by atoms with van der Waals surface area (Å²) >= 11 is 4.70. The molecule has 0 N–H and O–H groups in total. The number of benzene rings is 1. The molecular formula is C12H8BrFOS. The number of carbonyl (C=O) groups is 1. The fraction of sp³-hybridized carbons (Fsp3) is 0.0833. The van der Waals surface area contributed by atoms with Gasteiger partial charge in [-0.05, 0) is 41.1 Å². The Bertz CT molecular complexity index is 528. The van der Waals surface area contributed by atoms with Crippen molar-refractivity contribution in [2.24, 2.45) is 0 Å². The van der Waals surface area contributed by atoms with Crippen LogP contribution in [0.4, 0.5) is 4.39 Å². The highest BCUT2D eigenvalue weighted by atomic mass is 79.9. The maximum Gasteiger partial charge on any atom is 0.205 e. The highest BCUT2D eigenvalue weighted by Gasteiger charge is 2.16. The van der Waals surface area contributed by atoms with Crippen LogP contribution in [0, 0.1) is 12.7 Å². The van der Waals surface area contributed by atoms with Gasteiger partial charge in [0.2, 0.25) is 5.78 Å². The fourth-order valence-corrected chi connectivity index (χ4v) is 2.84. The summed E-state index contributed by atoms with van der Waals surface area (Å²) < 4.78 is 14.3. The quantitative estimate of drug-likeness (QED) is 0.760. The molecule has 0 atom stereocenters. The molecule has 1 nitrogen and oxygen atoms in total. The van der Waals surface area contributed by atoms with Crippen molar-refractivity contribution in [1.82, 2.24) is 0 Å². The molecule has 1 aromatic carbocycles. The molecule has 0 saturated heterocycles. The van der Waals surface area contributed by atoms with E-state index in [-0.39, 0.29) is 11.3 Å². The Kier molecular flexibility index (Phi) is 3.21. The maximum atomic E-state index is 13.4. The first-order valence-corrected chi connectivity index (χ1v) is 6.25. The molecule has 1 aromatic heterocycles. The van der Waals surface area contributed by atoms with Gasteiger partial charge in [0.05, 0.1) is 10.4 Å². The normalized spacial score (nSPS) is 10.4. The molecule has 0 aliphatic rings. The van der Waals surface area contributed by atoms with Crippen LogP contribution in [0.15, 0.2) is 34.8 Å². The molecule has 0 amide bonds. The molecule has 4 heteroatoms. The summed E-state index contributed by atoms with van der Waals surface area (Å²) in [5.41, 5.74) is 0.122. The first-order chi connectivity index (χ1) is 7.59. The number of carbonyl (C=O) groups excluding carboxylic acids is 1. The van der Waals surface area contributed by atoms with E-state index < -0.39 is 5.82 Å². The number of hydrogen-bond donors (Lipinski definition) is 0. The molecule has 82 valence electrons. The van der Waals surface area contributed by atoms with Gasteiger partial charge >= 0.3 is 0 Å². The van der Waals surface area contributed by atoms with Crippen molar-refractivity contribution in [2.75, 3.05) is 0 Å². The number of ketones is 1. The maximum absolute atomic E-state index is 13.4. The molecule has 0 spiro atoms. The van der Waals surface area contributed by atoms with E-state index in [9.17, 15) is 9.18 Å². The highest BCUT2D eigenvalue weighted by molar-refractivity contribution is 9.10. The molecule has 2 aromatic rings. The van der Waals surface area contributed by atoms with Crippen LogP contribution in [0.3, 0.4) is 0 Å². The second-order valence-corrected chi connectivity index (χ2v) is 5.43. The van der Waals surface area contributed by atoms with Crippen LogP contribution >= 0.6 is 27.3 Å². The zero-order valence-electron chi connectivity index (χ0n) is 8.46. The van der Waals surface area contributed by atoms with Crippen molar-refractivity contribution in [1.29, 1.82) is 0 Å². The third-order valence-corrected chi connectivity index (χ3v) is 4.33. The average Bonchev–Trinajstić information content (AvgIpc) is 2.59. The second-order valence-electron chi connectivity index (χ2n) is 3.32. The van der Waals surface area contributed by atoms with Gasteiger partial charge in [0.25, 0.3) is 0 Å². The first kappa shape index (κ1) is 11.5. The summed E-state index contributed by atoms with van der Waals surface area (Å²) in [4.78, 5) is 13.5. The standard InChI is InChI=1S/C12H8BrFOS/c1-7-9(13)6-11(16-7)12(15)8-4-2-3-5-10(8)14/h2-6H,1H3. The lowest BCUT2D eigenvalue weighted by Gasteiger charge is -1.98. The highest BCUT2D eigenvalue weighted by Crippen LogP contribution is 2.28. The lowest BCUT2D eigenvalue weighted by Crippen LogP contribution is -2.01. The summed E-state index contributed by atoms with van der Waals surface area (Å²) in [6.45, 7) is 1.91. The van der Waals surface area contributed by atoms with Crippen molar-refractivity contribution in [3.05, 3.63) is 55.9 Å². The van der Waals surface area contributed by atoms with Crippen LogP contribution in [0.25, 0.3) is 0 Å². The Labute approximate surface area is 105 Å². The zero-order chi connectivity index (χ0) is 11.7. The number of hydrogen-bond acceptors (Lipinski definition) is 2. The van der Waals surface area contributed by atoms with Crippen LogP contribution in [-0.2, 0) is 0 Å². The van der Waals surface area contributed by atoms with Gasteiger partial charge in [-0.3, -0.25) is 4.79 Å². The van der Waals surface area contributed by atoms with E-state index in [4.69, 9.17) is 0 Å². The van der Waals surface area contributed by atoms with E-state index in [0.717, 1.165) is 9.35 Å². The van der Waals surface area contributed by atoms with Gasteiger partial charge in [-0.15, -0.1) is 11.3 Å². The van der Waals surface area contributed by atoms with Gasteiger partial charge in [-0.25, -0.2) is 4.39 Å². The van der Waals surface area contributed by atoms with Gasteiger partial charge in [0.15, 0.2) is 0 Å². The minimum atomic E-state index is -0.477. The Balaban J connectivity index is 2.43. The topological polar surface area (TPSA) is 17.1 Å². The largest absolute Gasteiger partial charge is 0.288 e. The molecule has 1 heterocycles. The van der Waals surface area contributed by atoms with Crippen LogP contribution < -0.4 is 0 Å². The van der Waals surface area contributed by atoms with Crippen molar-refractivity contribution in [3.8, 4) is 0 Å². The predicted octanol–water partition coefficient (Wildman–Crippen LogP) is 4.19. The smallest absolute Gasteiger partial charge is 0.205 e. The van der Waals surface area contributed by atoms with Crippen LogP contribution in [-0.4, -0.2) is 5.78 Å². The van der Waals surface area contributed by atoms with Crippen LogP contribution in [0.5, 0.6) is 0 Å². The van der Waals surface area contributed by atoms with E-state index in [1.54, 1.807) is 18.2 Å². The average molecular weight is 299 g/mol. The monoisotopic (exact) mass is 298 g/mol. The Morgan fingerprint density at radius 2 is 2.06 bits per heavy atom. The number of rotatable bonds is 2. The molecular weight excluding hydrogens is 291 g/mol. The van der Waals surface area contributed by atoms with Crippen molar-refractivity contribution in [2.45, 2.75) is 6.92 Å². The van der Waals surface area contributed by atoms with E-state index in [1.807, 2.05) is 6.92 Å². The van der Waals surface area contributed by atoms with E-state index >= 15 is 0 Å². The molecule has 16 heavy (non-hydrogen) atoms. The fourth-order valence-electron chi connectivity index (χ4n) is 1.35. The molecule has 0 saturated carbocycles. The van der Waals surface area contributed by atoms with Crippen molar-refractivity contribution in [3.63, 3.8) is 0 Å². The van der Waals surface area contributed by atoms with Crippen molar-refractivity contribution < 1.29 is 9.18 Å². The first-order valence-electron chi connectivity index (χ1n) is 4.65. The molecule has 0 radical (unpaired) electrons. The molecule has 0 aliphatic heterocycles. The summed E-state index contributed by atoms with van der Waals surface area (Å²) in [5.74, 6) is -0.744. The second kappa shape index (κ2) is 4.47. The minimum absolute atomic E-state index is 0.122. The molecule has 0 fully saturated rings. The summed E-state index contributed by atoms with van der Waals surface area (Å²) in [6, 6.07) is 7.76. The van der Waals surface area contributed by atoms with E-state index in [0.29, 0.717) is 4.88 Å². The molecule has 2 rings (SSSR count). The van der Waals surface area contributed by atoms with Gasteiger partial charge in [0.1, 0.15) is 5.82 Å². The minimum Gasteiger partial charge on any atom is -0.288 e. The van der Waals surface area contributed by atoms with Crippen LogP contribution in [0.1, 0.15) is 20.1 Å². The third kappa shape index (κ3) is 2.08. The predicted molar refractivity (Wildman–Crippen MR) is 66.6 cm³/mol. The van der Waals surface area contributed by atoms with Gasteiger partial charge < -0.3 is 0 Å². The van der Waals surface area contributed by atoms with E-state index in [1.165, 1.54) is 23.5 Å². The zero-order valence-corrected chi connectivity index (χ0v) is 10.9. The molecule has 0 bridgehead atoms. The lowest BCUT2D eigenvalue weighted by atomic mass is 10.1. The summed E-state index contributed by atoms with van der Waals surface area (Å²) in [6.07, 6.45) is 0. The number of halogens is 2. The van der Waals surface area contributed by atoms with Gasteiger partial charge in [-0.1, -0.05) is 12.1 Å². The Morgan fingerprint density at radius 3 is 2.62 bits per heavy atom. The van der Waals surface area contributed by atoms with Gasteiger partial charge in [0, 0.05) is 9.35 Å². The van der Waals surface area contributed by atoms with Gasteiger partial charge in [-0.2, -0.15) is 0 Å². The van der Waals surface area contributed by atoms with Crippen LogP contribution in [0.2, 0.25) is 0 Å². The number of aryl methyl sites for hydroxylation is 1. The Hall–Kier alpha value is -1.00. The van der Waals surface area contributed by atoms with Crippen molar-refractivity contribution >= 4 is 33.0 Å².